The number of rotatable bonds is 1. The predicted octanol–water partition coefficient (Wildman–Crippen LogP) is 2.66. The summed E-state index contributed by atoms with van der Waals surface area (Å²) < 4.78 is 0. The standard InChI is InChI=1S/C21H21N5/c1-13-4-5-15(14(2)8-13)19-18-10-26(3)7-6-16(18)17(9-22)20(25)21(19,11-23)12-24/h4-6,8,18-19H,7,10,25H2,1-3H3/t18-,19-/m0/s1. The van der Waals surface area contributed by atoms with Gasteiger partial charge in [0.05, 0.1) is 23.4 Å². The van der Waals surface area contributed by atoms with Crippen LogP contribution in [0.4, 0.5) is 0 Å². The highest BCUT2D eigenvalue weighted by Gasteiger charge is 2.54. The van der Waals surface area contributed by atoms with Gasteiger partial charge in [0, 0.05) is 24.9 Å². The second kappa shape index (κ2) is 6.34. The summed E-state index contributed by atoms with van der Waals surface area (Å²) in [6.07, 6.45) is 2.01. The Hall–Kier alpha value is -3.07. The summed E-state index contributed by atoms with van der Waals surface area (Å²) in [6.45, 7) is 5.40. The van der Waals surface area contributed by atoms with Gasteiger partial charge in [0.25, 0.3) is 0 Å². The van der Waals surface area contributed by atoms with Gasteiger partial charge in [-0.05, 0) is 37.6 Å². The van der Waals surface area contributed by atoms with Crippen LogP contribution in [0.1, 0.15) is 22.6 Å². The summed E-state index contributed by atoms with van der Waals surface area (Å²) in [7, 11) is 2.00. The molecule has 0 unspecified atom stereocenters. The number of allylic oxidation sites excluding steroid dienone is 2. The lowest BCUT2D eigenvalue weighted by molar-refractivity contribution is 0.237. The summed E-state index contributed by atoms with van der Waals surface area (Å²) in [5.41, 5.74) is 9.11. The van der Waals surface area contributed by atoms with Gasteiger partial charge in [-0.3, -0.25) is 0 Å². The van der Waals surface area contributed by atoms with Gasteiger partial charge in [0.2, 0.25) is 0 Å². The molecule has 0 spiro atoms. The Morgan fingerprint density at radius 2 is 1.88 bits per heavy atom. The van der Waals surface area contributed by atoms with Gasteiger partial charge in [-0.25, -0.2) is 0 Å². The summed E-state index contributed by atoms with van der Waals surface area (Å²) >= 11 is 0. The van der Waals surface area contributed by atoms with Crippen LogP contribution in [-0.2, 0) is 0 Å². The van der Waals surface area contributed by atoms with E-state index in [4.69, 9.17) is 5.73 Å². The minimum Gasteiger partial charge on any atom is -0.399 e. The van der Waals surface area contributed by atoms with Crippen LogP contribution in [0.15, 0.2) is 41.1 Å². The second-order valence-electron chi connectivity index (χ2n) is 7.26. The van der Waals surface area contributed by atoms with Crippen LogP contribution < -0.4 is 5.73 Å². The molecule has 1 heterocycles. The molecular formula is C21H21N5. The van der Waals surface area contributed by atoms with Crippen molar-refractivity contribution in [1.29, 1.82) is 15.8 Å². The number of nitrogens with two attached hydrogens (primary N) is 1. The molecule has 130 valence electrons. The smallest absolute Gasteiger partial charge is 0.191 e. The lowest BCUT2D eigenvalue weighted by Gasteiger charge is -2.45. The van der Waals surface area contributed by atoms with Crippen LogP contribution in [0.25, 0.3) is 0 Å². The highest BCUT2D eigenvalue weighted by Crippen LogP contribution is 2.54. The van der Waals surface area contributed by atoms with Gasteiger partial charge in [0.1, 0.15) is 6.07 Å². The van der Waals surface area contributed by atoms with Crippen LogP contribution in [-0.4, -0.2) is 25.0 Å². The first-order valence-corrected chi connectivity index (χ1v) is 8.58. The maximum atomic E-state index is 10.0. The first kappa shape index (κ1) is 17.7. The molecule has 0 fully saturated rings. The van der Waals surface area contributed by atoms with Crippen LogP contribution in [0.5, 0.6) is 0 Å². The Bertz CT molecular complexity index is 934. The van der Waals surface area contributed by atoms with E-state index in [1.165, 1.54) is 0 Å². The van der Waals surface area contributed by atoms with Gasteiger partial charge in [-0.1, -0.05) is 29.8 Å². The molecule has 2 atom stereocenters. The molecule has 2 aliphatic rings. The number of benzene rings is 1. The predicted molar refractivity (Wildman–Crippen MR) is 98.2 cm³/mol. The highest BCUT2D eigenvalue weighted by molar-refractivity contribution is 5.60. The van der Waals surface area contributed by atoms with Gasteiger partial charge in [-0.15, -0.1) is 0 Å². The van der Waals surface area contributed by atoms with Crippen molar-refractivity contribution in [2.24, 2.45) is 17.1 Å². The molecule has 0 aromatic heterocycles. The van der Waals surface area contributed by atoms with E-state index in [1.807, 2.05) is 39.1 Å². The van der Waals surface area contributed by atoms with Crippen molar-refractivity contribution >= 4 is 0 Å². The summed E-state index contributed by atoms with van der Waals surface area (Å²) in [6, 6.07) is 12.6. The summed E-state index contributed by atoms with van der Waals surface area (Å²) in [5, 5.41) is 29.7. The van der Waals surface area contributed by atoms with E-state index >= 15 is 0 Å². The molecule has 5 nitrogen and oxygen atoms in total. The quantitative estimate of drug-likeness (QED) is 0.845. The van der Waals surface area contributed by atoms with Crippen molar-refractivity contribution < 1.29 is 0 Å². The molecule has 1 aromatic carbocycles. The molecule has 1 aromatic rings. The highest BCUT2D eigenvalue weighted by atomic mass is 15.1. The van der Waals surface area contributed by atoms with E-state index < -0.39 is 11.3 Å². The number of hydrogen-bond acceptors (Lipinski definition) is 5. The molecule has 0 saturated carbocycles. The van der Waals surface area contributed by atoms with Crippen LogP contribution in [0.3, 0.4) is 0 Å². The number of aryl methyl sites for hydroxylation is 2. The molecule has 0 saturated heterocycles. The molecule has 1 aliphatic carbocycles. The Morgan fingerprint density at radius 1 is 1.19 bits per heavy atom. The van der Waals surface area contributed by atoms with E-state index in [-0.39, 0.29) is 11.6 Å². The Morgan fingerprint density at radius 3 is 2.46 bits per heavy atom. The zero-order valence-corrected chi connectivity index (χ0v) is 15.2. The maximum Gasteiger partial charge on any atom is 0.191 e. The Labute approximate surface area is 154 Å². The number of nitriles is 3. The lowest BCUT2D eigenvalue weighted by Crippen LogP contribution is -2.47. The van der Waals surface area contributed by atoms with Crippen LogP contribution in [0, 0.1) is 59.2 Å². The minimum atomic E-state index is -1.55. The largest absolute Gasteiger partial charge is 0.399 e. The number of likely N-dealkylation sites (N-methyl/N-ethyl adjacent to an activating group) is 1. The second-order valence-corrected chi connectivity index (χ2v) is 7.26. The van der Waals surface area contributed by atoms with Gasteiger partial charge < -0.3 is 10.6 Å². The summed E-state index contributed by atoms with van der Waals surface area (Å²) in [5.74, 6) is -0.541. The fourth-order valence-corrected chi connectivity index (χ4v) is 4.34. The van der Waals surface area contributed by atoms with Gasteiger partial charge >= 0.3 is 0 Å². The molecular weight excluding hydrogens is 322 g/mol. The van der Waals surface area contributed by atoms with E-state index in [0.29, 0.717) is 12.1 Å². The molecule has 2 N–H and O–H groups in total. The zero-order valence-electron chi connectivity index (χ0n) is 15.2. The molecule has 3 rings (SSSR count). The molecule has 5 heteroatoms. The Kier molecular flexibility index (Phi) is 4.33. The molecule has 1 aliphatic heterocycles. The van der Waals surface area contributed by atoms with Crippen LogP contribution in [0.2, 0.25) is 0 Å². The average Bonchev–Trinajstić information content (AvgIpc) is 2.62. The fourth-order valence-electron chi connectivity index (χ4n) is 4.34. The third-order valence-electron chi connectivity index (χ3n) is 5.61. The van der Waals surface area contributed by atoms with E-state index in [9.17, 15) is 15.8 Å². The maximum absolute atomic E-state index is 10.0. The van der Waals surface area contributed by atoms with Crippen molar-refractivity contribution in [1.82, 2.24) is 4.90 Å². The molecule has 0 radical (unpaired) electrons. The first-order chi connectivity index (χ1) is 12.4. The summed E-state index contributed by atoms with van der Waals surface area (Å²) in [4.78, 5) is 2.14. The first-order valence-electron chi connectivity index (χ1n) is 8.58. The SMILES string of the molecule is Cc1ccc([C@H]2[C@H]3CN(C)CC=C3C(C#N)=C(N)C2(C#N)C#N)c(C)c1. The fraction of sp³-hybridized carbons (Fsp3) is 0.381. The molecule has 0 amide bonds. The third kappa shape index (κ3) is 2.39. The number of fused-ring (bicyclic) bond motifs is 1. The molecule has 26 heavy (non-hydrogen) atoms. The average molecular weight is 343 g/mol. The van der Waals surface area contributed by atoms with Crippen molar-refractivity contribution in [3.63, 3.8) is 0 Å². The van der Waals surface area contributed by atoms with Gasteiger partial charge in [0.15, 0.2) is 5.41 Å². The monoisotopic (exact) mass is 343 g/mol. The van der Waals surface area contributed by atoms with E-state index in [1.54, 1.807) is 0 Å². The van der Waals surface area contributed by atoms with E-state index in [2.05, 4.69) is 29.2 Å². The third-order valence-corrected chi connectivity index (χ3v) is 5.61. The minimum absolute atomic E-state index is 0.0852. The number of hydrogen-bond donors (Lipinski definition) is 1. The zero-order chi connectivity index (χ0) is 19.1. The topological polar surface area (TPSA) is 101 Å². The van der Waals surface area contributed by atoms with Crippen molar-refractivity contribution in [3.05, 3.63) is 57.8 Å². The van der Waals surface area contributed by atoms with E-state index in [0.717, 1.165) is 28.8 Å². The Balaban J connectivity index is 2.36. The lowest BCUT2D eigenvalue weighted by atomic mass is 9.57. The van der Waals surface area contributed by atoms with Crippen LogP contribution >= 0.6 is 0 Å². The normalized spacial score (nSPS) is 24.7. The van der Waals surface area contributed by atoms with Crippen molar-refractivity contribution in [2.75, 3.05) is 20.1 Å². The number of nitrogens with zero attached hydrogens (tertiary/aromatic N) is 4. The van der Waals surface area contributed by atoms with Crippen molar-refractivity contribution in [3.8, 4) is 18.2 Å². The molecule has 0 bridgehead atoms. The van der Waals surface area contributed by atoms with Gasteiger partial charge in [-0.2, -0.15) is 15.8 Å². The van der Waals surface area contributed by atoms with Crippen molar-refractivity contribution in [2.45, 2.75) is 19.8 Å².